The molecule has 0 radical (unpaired) electrons. The van der Waals surface area contributed by atoms with Crippen molar-refractivity contribution in [3.8, 4) is 11.5 Å². The van der Waals surface area contributed by atoms with E-state index in [2.05, 4.69) is 5.32 Å². The lowest BCUT2D eigenvalue weighted by atomic mass is 9.96. The predicted octanol–water partition coefficient (Wildman–Crippen LogP) is 3.35. The zero-order chi connectivity index (χ0) is 22.1. The van der Waals surface area contributed by atoms with Gasteiger partial charge in [0.2, 0.25) is 16.8 Å². The summed E-state index contributed by atoms with van der Waals surface area (Å²) in [7, 11) is -3.53. The summed E-state index contributed by atoms with van der Waals surface area (Å²) in [5, 5.41) is 3.29. The number of hydrogen-bond donors (Lipinski definition) is 1. The highest BCUT2D eigenvalue weighted by molar-refractivity contribution is 7.89. The van der Waals surface area contributed by atoms with Crippen LogP contribution in [0.5, 0.6) is 11.5 Å². The number of sulfonamides is 1. The molecule has 0 unspecified atom stereocenters. The van der Waals surface area contributed by atoms with E-state index in [1.54, 1.807) is 22.5 Å². The number of allylic oxidation sites excluding steroid dienone is 1. The van der Waals surface area contributed by atoms with E-state index in [0.29, 0.717) is 24.4 Å². The van der Waals surface area contributed by atoms with Crippen LogP contribution in [0.1, 0.15) is 47.2 Å². The van der Waals surface area contributed by atoms with Gasteiger partial charge in [0.05, 0.1) is 4.90 Å². The Hall–Kier alpha value is -2.84. The van der Waals surface area contributed by atoms with Crippen molar-refractivity contribution in [2.24, 2.45) is 0 Å². The van der Waals surface area contributed by atoms with Gasteiger partial charge in [-0.25, -0.2) is 8.42 Å². The summed E-state index contributed by atoms with van der Waals surface area (Å²) in [6, 6.07) is 10.1. The molecule has 0 aromatic heterocycles. The topological polar surface area (TPSA) is 84.9 Å². The van der Waals surface area contributed by atoms with Crippen molar-refractivity contribution in [3.05, 3.63) is 59.2 Å². The molecule has 0 atom stereocenters. The fraction of sp³-hybridized carbons (Fsp3) is 0.375. The first-order chi connectivity index (χ1) is 15.5. The van der Waals surface area contributed by atoms with Gasteiger partial charge in [-0.05, 0) is 61.2 Å². The maximum atomic E-state index is 13.0. The Morgan fingerprint density at radius 1 is 0.969 bits per heavy atom. The Labute approximate surface area is 188 Å². The summed E-state index contributed by atoms with van der Waals surface area (Å²) in [5.41, 5.74) is 3.21. The Morgan fingerprint density at radius 3 is 2.38 bits per heavy atom. The average Bonchev–Trinajstić information content (AvgIpc) is 3.07. The molecule has 0 bridgehead atoms. The first-order valence-electron chi connectivity index (χ1n) is 11.1. The number of hydrogen-bond acceptors (Lipinski definition) is 6. The van der Waals surface area contributed by atoms with Gasteiger partial charge in [-0.3, -0.25) is 4.79 Å². The Kier molecular flexibility index (Phi) is 5.65. The normalized spacial score (nSPS) is 19.8. The van der Waals surface area contributed by atoms with Crippen LogP contribution < -0.4 is 14.8 Å². The van der Waals surface area contributed by atoms with Crippen LogP contribution >= 0.6 is 0 Å². The highest BCUT2D eigenvalue weighted by Crippen LogP contribution is 2.38. The lowest BCUT2D eigenvalue weighted by molar-refractivity contribution is 0.104. The van der Waals surface area contributed by atoms with E-state index in [4.69, 9.17) is 9.47 Å². The number of nitrogens with zero attached hydrogens (tertiary/aromatic N) is 1. The quantitative estimate of drug-likeness (QED) is 0.563. The number of fused-ring (bicyclic) bond motifs is 2. The van der Waals surface area contributed by atoms with Crippen molar-refractivity contribution in [2.45, 2.75) is 37.0 Å². The molecule has 0 spiro atoms. The van der Waals surface area contributed by atoms with Crippen molar-refractivity contribution in [2.75, 3.05) is 26.4 Å². The zero-order valence-electron chi connectivity index (χ0n) is 17.8. The lowest BCUT2D eigenvalue weighted by Crippen LogP contribution is -2.31. The number of benzene rings is 2. The Morgan fingerprint density at radius 2 is 1.66 bits per heavy atom. The summed E-state index contributed by atoms with van der Waals surface area (Å²) in [4.78, 5) is 13.2. The van der Waals surface area contributed by atoms with E-state index < -0.39 is 10.0 Å². The Bertz CT molecular complexity index is 1160. The smallest absolute Gasteiger partial charge is 0.243 e. The third-order valence-corrected chi connectivity index (χ3v) is 8.13. The number of ether oxygens (including phenoxy) is 2. The molecule has 2 aromatic carbocycles. The highest BCUT2D eigenvalue weighted by atomic mass is 32.2. The second-order valence-corrected chi connectivity index (χ2v) is 10.2. The Balaban J connectivity index is 1.38. The minimum Gasteiger partial charge on any atom is -0.454 e. The highest BCUT2D eigenvalue weighted by Gasteiger charge is 2.26. The molecule has 5 rings (SSSR count). The number of carbonyl (C=O) groups is 1. The van der Waals surface area contributed by atoms with Crippen LogP contribution in [0.15, 0.2) is 47.4 Å². The number of nitrogens with one attached hydrogen (secondary N) is 1. The molecule has 1 fully saturated rings. The van der Waals surface area contributed by atoms with E-state index in [-0.39, 0.29) is 17.5 Å². The van der Waals surface area contributed by atoms with E-state index >= 15 is 0 Å². The average molecular weight is 455 g/mol. The van der Waals surface area contributed by atoms with Gasteiger partial charge in [-0.2, -0.15) is 4.31 Å². The maximum absolute atomic E-state index is 13.0. The van der Waals surface area contributed by atoms with Crippen molar-refractivity contribution in [3.63, 3.8) is 0 Å². The molecular weight excluding hydrogens is 428 g/mol. The molecule has 1 saturated heterocycles. The first-order valence-corrected chi connectivity index (χ1v) is 12.5. The third-order valence-electron chi connectivity index (χ3n) is 6.22. The van der Waals surface area contributed by atoms with Gasteiger partial charge >= 0.3 is 0 Å². The van der Waals surface area contributed by atoms with Crippen LogP contribution in [-0.2, 0) is 16.4 Å². The van der Waals surface area contributed by atoms with E-state index in [1.165, 1.54) is 12.1 Å². The van der Waals surface area contributed by atoms with Crippen molar-refractivity contribution in [1.82, 2.24) is 9.62 Å². The SMILES string of the molecule is O=C(C=C1NCCc2cc3c(cc21)OCO3)c1ccc(S(=O)(=O)N2CCCCCC2)cc1. The minimum atomic E-state index is -3.53. The molecule has 3 aliphatic rings. The van der Waals surface area contributed by atoms with Gasteiger partial charge in [0.15, 0.2) is 17.3 Å². The second-order valence-electron chi connectivity index (χ2n) is 8.30. The predicted molar refractivity (Wildman–Crippen MR) is 120 cm³/mol. The fourth-order valence-corrected chi connectivity index (χ4v) is 5.95. The van der Waals surface area contributed by atoms with Gasteiger partial charge < -0.3 is 14.8 Å². The van der Waals surface area contributed by atoms with Crippen LogP contribution in [0, 0.1) is 0 Å². The maximum Gasteiger partial charge on any atom is 0.243 e. The molecule has 3 heterocycles. The summed E-state index contributed by atoms with van der Waals surface area (Å²) < 4.78 is 38.4. The molecule has 7 nitrogen and oxygen atoms in total. The van der Waals surface area contributed by atoms with Gasteiger partial charge in [0, 0.05) is 42.5 Å². The van der Waals surface area contributed by atoms with E-state index in [1.807, 2.05) is 12.1 Å². The number of carbonyl (C=O) groups excluding carboxylic acids is 1. The number of rotatable bonds is 4. The largest absolute Gasteiger partial charge is 0.454 e. The van der Waals surface area contributed by atoms with E-state index in [9.17, 15) is 13.2 Å². The molecule has 8 heteroatoms. The van der Waals surface area contributed by atoms with Crippen molar-refractivity contribution < 1.29 is 22.7 Å². The van der Waals surface area contributed by atoms with Crippen LogP contribution in [-0.4, -0.2) is 44.9 Å². The van der Waals surface area contributed by atoms with E-state index in [0.717, 1.165) is 61.2 Å². The zero-order valence-corrected chi connectivity index (χ0v) is 18.6. The minimum absolute atomic E-state index is 0.184. The summed E-state index contributed by atoms with van der Waals surface area (Å²) in [6.07, 6.45) is 6.30. The summed E-state index contributed by atoms with van der Waals surface area (Å²) in [6.45, 7) is 2.03. The summed E-state index contributed by atoms with van der Waals surface area (Å²) in [5.74, 6) is 1.23. The third kappa shape index (κ3) is 4.00. The molecule has 168 valence electrons. The van der Waals surface area contributed by atoms with Crippen molar-refractivity contribution in [1.29, 1.82) is 0 Å². The monoisotopic (exact) mass is 454 g/mol. The summed E-state index contributed by atoms with van der Waals surface area (Å²) >= 11 is 0. The molecule has 32 heavy (non-hydrogen) atoms. The van der Waals surface area contributed by atoms with Gasteiger partial charge in [0.25, 0.3) is 0 Å². The molecule has 0 saturated carbocycles. The lowest BCUT2D eigenvalue weighted by Gasteiger charge is -2.21. The molecular formula is C24H26N2O5S. The van der Waals surface area contributed by atoms with Crippen LogP contribution in [0.2, 0.25) is 0 Å². The molecule has 2 aromatic rings. The number of ketones is 1. The second kappa shape index (κ2) is 8.60. The standard InChI is InChI=1S/C24H26N2O5S/c27-22(15-21-20-14-24-23(30-16-31-24)13-18(20)9-10-25-21)17-5-7-19(8-6-17)32(28,29)26-11-3-1-2-4-12-26/h5-8,13-15,25H,1-4,9-12,16H2. The van der Waals surface area contributed by atoms with Crippen LogP contribution in [0.3, 0.4) is 0 Å². The molecule has 0 amide bonds. The van der Waals surface area contributed by atoms with Crippen LogP contribution in [0.25, 0.3) is 5.70 Å². The van der Waals surface area contributed by atoms with Gasteiger partial charge in [-0.15, -0.1) is 0 Å². The van der Waals surface area contributed by atoms with Gasteiger partial charge in [-0.1, -0.05) is 12.8 Å². The van der Waals surface area contributed by atoms with Crippen LogP contribution in [0.4, 0.5) is 0 Å². The molecule has 0 aliphatic carbocycles. The van der Waals surface area contributed by atoms with Crippen molar-refractivity contribution >= 4 is 21.5 Å². The fourth-order valence-electron chi connectivity index (χ4n) is 4.43. The molecule has 1 N–H and O–H groups in total. The first kappa shape index (κ1) is 21.0. The molecule has 3 aliphatic heterocycles. The van der Waals surface area contributed by atoms with Gasteiger partial charge in [0.1, 0.15) is 0 Å².